The summed E-state index contributed by atoms with van der Waals surface area (Å²) < 4.78 is 11.6. The SMILES string of the molecule is Cc1cnoc1COc1ccc(Cl)c2c1[C@@H](CN1CCCC1=O)N(C(=O)[C@@H]1CCCC[C@@H]1C)CC2. The molecular formula is C27H34ClN3O4. The molecule has 2 aliphatic heterocycles. The van der Waals surface area contributed by atoms with Crippen molar-refractivity contribution in [1.82, 2.24) is 15.0 Å². The van der Waals surface area contributed by atoms with Crippen molar-refractivity contribution in [2.45, 2.75) is 71.4 Å². The Morgan fingerprint density at radius 3 is 2.74 bits per heavy atom. The van der Waals surface area contributed by atoms with E-state index in [1.54, 1.807) is 6.20 Å². The van der Waals surface area contributed by atoms with Gasteiger partial charge >= 0.3 is 0 Å². The van der Waals surface area contributed by atoms with Crippen LogP contribution in [0.4, 0.5) is 0 Å². The molecule has 2 fully saturated rings. The first-order valence-electron chi connectivity index (χ1n) is 12.9. The van der Waals surface area contributed by atoms with E-state index in [4.69, 9.17) is 20.9 Å². The quantitative estimate of drug-likeness (QED) is 0.553. The number of carbonyl (C=O) groups is 2. The monoisotopic (exact) mass is 499 g/mol. The molecule has 35 heavy (non-hydrogen) atoms. The number of fused-ring (bicyclic) bond motifs is 1. The average molecular weight is 500 g/mol. The number of rotatable bonds is 6. The summed E-state index contributed by atoms with van der Waals surface area (Å²) in [4.78, 5) is 30.5. The van der Waals surface area contributed by atoms with E-state index in [0.29, 0.717) is 48.4 Å². The minimum Gasteiger partial charge on any atom is -0.485 e. The largest absolute Gasteiger partial charge is 0.485 e. The maximum absolute atomic E-state index is 14.0. The first kappa shape index (κ1) is 24.2. The summed E-state index contributed by atoms with van der Waals surface area (Å²) in [7, 11) is 0. The molecule has 2 aromatic rings. The third kappa shape index (κ3) is 4.80. The Morgan fingerprint density at radius 2 is 2.03 bits per heavy atom. The summed E-state index contributed by atoms with van der Waals surface area (Å²) in [6.45, 7) is 6.16. The molecule has 0 unspecified atom stereocenters. The molecule has 2 amide bonds. The average Bonchev–Trinajstić information content (AvgIpc) is 3.46. The second-order valence-electron chi connectivity index (χ2n) is 10.3. The van der Waals surface area contributed by atoms with Crippen molar-refractivity contribution in [3.63, 3.8) is 0 Å². The summed E-state index contributed by atoms with van der Waals surface area (Å²) in [5, 5.41) is 4.53. The minimum absolute atomic E-state index is 0.0301. The van der Waals surface area contributed by atoms with E-state index < -0.39 is 0 Å². The molecule has 188 valence electrons. The van der Waals surface area contributed by atoms with Crippen molar-refractivity contribution < 1.29 is 18.8 Å². The Kier molecular flexibility index (Phi) is 7.05. The van der Waals surface area contributed by atoms with Crippen LogP contribution in [0.1, 0.15) is 73.9 Å². The van der Waals surface area contributed by atoms with Crippen LogP contribution in [0, 0.1) is 18.8 Å². The summed E-state index contributed by atoms with van der Waals surface area (Å²) in [5.74, 6) is 2.11. The molecule has 8 heteroatoms. The standard InChI is InChI=1S/C27H34ClN3O4/c1-17-6-3-4-7-19(17)27(33)31-13-11-20-21(28)9-10-23(34-16-24-18(2)14-29-35-24)26(20)22(31)15-30-12-5-8-25(30)32/h9-10,14,17,19,22H,3-8,11-13,15-16H2,1-2H3/t17-,19+,22+/m0/s1. The van der Waals surface area contributed by atoms with Gasteiger partial charge in [0.05, 0.1) is 12.2 Å². The van der Waals surface area contributed by atoms with E-state index in [1.807, 2.05) is 28.9 Å². The highest BCUT2D eigenvalue weighted by atomic mass is 35.5. The first-order chi connectivity index (χ1) is 16.9. The Morgan fingerprint density at radius 1 is 1.20 bits per heavy atom. The fraction of sp³-hybridized carbons (Fsp3) is 0.593. The molecule has 0 N–H and O–H groups in total. The van der Waals surface area contributed by atoms with Crippen molar-refractivity contribution in [2.24, 2.45) is 11.8 Å². The molecule has 0 radical (unpaired) electrons. The summed E-state index contributed by atoms with van der Waals surface area (Å²) in [5.41, 5.74) is 2.86. The van der Waals surface area contributed by atoms with Crippen LogP contribution >= 0.6 is 11.6 Å². The number of aryl methyl sites for hydroxylation is 1. The van der Waals surface area contributed by atoms with Gasteiger partial charge in [0.2, 0.25) is 11.8 Å². The van der Waals surface area contributed by atoms with Gasteiger partial charge in [-0.3, -0.25) is 9.59 Å². The van der Waals surface area contributed by atoms with Gasteiger partial charge in [0.25, 0.3) is 0 Å². The fourth-order valence-electron chi connectivity index (χ4n) is 5.96. The number of amides is 2. The van der Waals surface area contributed by atoms with Gasteiger partial charge in [0, 0.05) is 48.1 Å². The van der Waals surface area contributed by atoms with Gasteiger partial charge in [-0.05, 0) is 56.2 Å². The molecule has 3 atom stereocenters. The third-order valence-corrected chi connectivity index (χ3v) is 8.41. The fourth-order valence-corrected chi connectivity index (χ4v) is 6.22. The molecule has 7 nitrogen and oxygen atoms in total. The van der Waals surface area contributed by atoms with Gasteiger partial charge < -0.3 is 19.1 Å². The predicted molar refractivity (Wildman–Crippen MR) is 132 cm³/mol. The Hall–Kier alpha value is -2.54. The number of halogens is 1. The number of aromatic nitrogens is 1. The van der Waals surface area contributed by atoms with Gasteiger partial charge in [0.15, 0.2) is 5.76 Å². The van der Waals surface area contributed by atoms with Crippen LogP contribution in [-0.2, 0) is 22.6 Å². The lowest BCUT2D eigenvalue weighted by Gasteiger charge is -2.43. The molecule has 0 spiro atoms. The molecule has 5 rings (SSSR count). The van der Waals surface area contributed by atoms with Crippen LogP contribution in [0.15, 0.2) is 22.9 Å². The van der Waals surface area contributed by atoms with Crippen LogP contribution in [0.2, 0.25) is 5.02 Å². The lowest BCUT2D eigenvalue weighted by molar-refractivity contribution is -0.143. The highest BCUT2D eigenvalue weighted by molar-refractivity contribution is 6.31. The molecule has 0 bridgehead atoms. The second kappa shape index (κ2) is 10.2. The topological polar surface area (TPSA) is 75.9 Å². The van der Waals surface area contributed by atoms with E-state index >= 15 is 0 Å². The maximum Gasteiger partial charge on any atom is 0.226 e. The Bertz CT molecular complexity index is 1100. The molecular weight excluding hydrogens is 466 g/mol. The van der Waals surface area contributed by atoms with E-state index in [0.717, 1.165) is 48.9 Å². The summed E-state index contributed by atoms with van der Waals surface area (Å²) in [6, 6.07) is 3.46. The van der Waals surface area contributed by atoms with Crippen molar-refractivity contribution in [3.8, 4) is 5.75 Å². The summed E-state index contributed by atoms with van der Waals surface area (Å²) in [6.07, 6.45) is 8.07. The normalized spacial score (nSPS) is 24.5. The second-order valence-corrected chi connectivity index (χ2v) is 10.7. The molecule has 1 aromatic heterocycles. The van der Waals surface area contributed by atoms with Crippen LogP contribution in [-0.4, -0.2) is 46.4 Å². The van der Waals surface area contributed by atoms with Gasteiger partial charge in [-0.15, -0.1) is 0 Å². The van der Waals surface area contributed by atoms with Crippen molar-refractivity contribution in [2.75, 3.05) is 19.6 Å². The van der Waals surface area contributed by atoms with E-state index in [9.17, 15) is 9.59 Å². The Balaban J connectivity index is 1.51. The van der Waals surface area contributed by atoms with E-state index in [1.165, 1.54) is 6.42 Å². The lowest BCUT2D eigenvalue weighted by Crippen LogP contribution is -2.49. The van der Waals surface area contributed by atoms with Crippen LogP contribution in [0.5, 0.6) is 5.75 Å². The number of benzene rings is 1. The van der Waals surface area contributed by atoms with Gasteiger partial charge in [0.1, 0.15) is 12.4 Å². The molecule has 3 aliphatic rings. The highest BCUT2D eigenvalue weighted by Crippen LogP contribution is 2.43. The van der Waals surface area contributed by atoms with Crippen molar-refractivity contribution >= 4 is 23.4 Å². The van der Waals surface area contributed by atoms with Crippen LogP contribution in [0.25, 0.3) is 0 Å². The maximum atomic E-state index is 14.0. The molecule has 1 saturated carbocycles. The number of hydrogen-bond donors (Lipinski definition) is 0. The van der Waals surface area contributed by atoms with Gasteiger partial charge in [-0.2, -0.15) is 0 Å². The predicted octanol–water partition coefficient (Wildman–Crippen LogP) is 5.09. The Labute approximate surface area is 211 Å². The minimum atomic E-state index is -0.285. The van der Waals surface area contributed by atoms with Crippen molar-refractivity contribution in [3.05, 3.63) is 45.8 Å². The smallest absolute Gasteiger partial charge is 0.226 e. The van der Waals surface area contributed by atoms with Gasteiger partial charge in [-0.25, -0.2) is 0 Å². The number of ether oxygens (including phenoxy) is 1. The zero-order valence-electron chi connectivity index (χ0n) is 20.6. The number of hydrogen-bond acceptors (Lipinski definition) is 5. The highest BCUT2D eigenvalue weighted by Gasteiger charge is 2.41. The molecule has 1 aliphatic carbocycles. The molecule has 1 saturated heterocycles. The van der Waals surface area contributed by atoms with Crippen LogP contribution < -0.4 is 4.74 Å². The van der Waals surface area contributed by atoms with E-state index in [-0.39, 0.29) is 30.4 Å². The third-order valence-electron chi connectivity index (χ3n) is 8.06. The van der Waals surface area contributed by atoms with E-state index in [2.05, 4.69) is 12.1 Å². The number of nitrogens with zero attached hydrogens (tertiary/aromatic N) is 3. The summed E-state index contributed by atoms with van der Waals surface area (Å²) >= 11 is 6.68. The molecule has 3 heterocycles. The zero-order chi connectivity index (χ0) is 24.5. The van der Waals surface area contributed by atoms with Crippen LogP contribution in [0.3, 0.4) is 0 Å². The number of carbonyl (C=O) groups excluding carboxylic acids is 2. The zero-order valence-corrected chi connectivity index (χ0v) is 21.4. The molecule has 1 aromatic carbocycles. The van der Waals surface area contributed by atoms with Gasteiger partial charge in [-0.1, -0.05) is 36.5 Å². The lowest BCUT2D eigenvalue weighted by atomic mass is 9.78. The van der Waals surface area contributed by atoms with Crippen molar-refractivity contribution in [1.29, 1.82) is 0 Å². The first-order valence-corrected chi connectivity index (χ1v) is 13.2. The number of likely N-dealkylation sites (tertiary alicyclic amines) is 1.